The van der Waals surface area contributed by atoms with E-state index in [0.717, 1.165) is 23.3 Å². The highest BCUT2D eigenvalue weighted by atomic mass is 16.6. The van der Waals surface area contributed by atoms with E-state index >= 15 is 0 Å². The molecule has 0 aromatic heterocycles. The molecule has 0 saturated carbocycles. The molecule has 2 aliphatic rings. The van der Waals surface area contributed by atoms with Crippen LogP contribution in [0, 0.1) is 0 Å². The fraction of sp³-hybridized carbons (Fsp3) is 0.364. The second-order valence-electron chi connectivity index (χ2n) is 3.62. The number of allylic oxidation sites excluding steroid dienone is 3. The summed E-state index contributed by atoms with van der Waals surface area (Å²) in [7, 11) is 1.74. The van der Waals surface area contributed by atoms with Crippen molar-refractivity contribution < 1.29 is 9.53 Å². The highest BCUT2D eigenvalue weighted by Gasteiger charge is 2.36. The summed E-state index contributed by atoms with van der Waals surface area (Å²) in [6.07, 6.45) is 4.20. The first-order valence-corrected chi connectivity index (χ1v) is 4.61. The Kier molecular flexibility index (Phi) is 1.95. The van der Waals surface area contributed by atoms with Crippen LogP contribution in [0.5, 0.6) is 0 Å². The molecule has 1 amide bonds. The van der Waals surface area contributed by atoms with Crippen molar-refractivity contribution in [2.75, 3.05) is 7.05 Å². The van der Waals surface area contributed by atoms with Crippen LogP contribution in [-0.2, 0) is 4.74 Å². The lowest BCUT2D eigenvalue weighted by atomic mass is 9.94. The lowest BCUT2D eigenvalue weighted by Crippen LogP contribution is -2.19. The highest BCUT2D eigenvalue weighted by Crippen LogP contribution is 2.33. The number of amides is 1. The van der Waals surface area contributed by atoms with Crippen LogP contribution >= 0.6 is 0 Å². The second kappa shape index (κ2) is 3.01. The van der Waals surface area contributed by atoms with Crippen LogP contribution in [-0.4, -0.2) is 24.1 Å². The molecule has 1 atom stereocenters. The zero-order valence-corrected chi connectivity index (χ0v) is 8.41. The zero-order valence-electron chi connectivity index (χ0n) is 8.41. The molecule has 0 spiro atoms. The summed E-state index contributed by atoms with van der Waals surface area (Å²) in [5, 5.41) is 0. The van der Waals surface area contributed by atoms with E-state index in [1.54, 1.807) is 11.9 Å². The van der Waals surface area contributed by atoms with E-state index in [1.807, 2.05) is 19.1 Å². The number of hydrogen-bond donors (Lipinski definition) is 0. The topological polar surface area (TPSA) is 29.5 Å². The third-order valence-corrected chi connectivity index (χ3v) is 2.76. The minimum atomic E-state index is -0.264. The molecule has 1 unspecified atom stereocenters. The van der Waals surface area contributed by atoms with Gasteiger partial charge in [-0.1, -0.05) is 12.7 Å². The Balaban J connectivity index is 2.38. The van der Waals surface area contributed by atoms with Gasteiger partial charge in [-0.05, 0) is 24.1 Å². The summed E-state index contributed by atoms with van der Waals surface area (Å²) in [6, 6.07) is 0. The van der Waals surface area contributed by atoms with Crippen LogP contribution in [0.2, 0.25) is 0 Å². The van der Waals surface area contributed by atoms with Crippen LogP contribution in [0.1, 0.15) is 13.3 Å². The second-order valence-corrected chi connectivity index (χ2v) is 3.62. The summed E-state index contributed by atoms with van der Waals surface area (Å²) < 4.78 is 5.19. The molecule has 0 N–H and O–H groups in total. The van der Waals surface area contributed by atoms with Crippen molar-refractivity contribution >= 4 is 6.09 Å². The van der Waals surface area contributed by atoms with Gasteiger partial charge in [-0.25, -0.2) is 4.79 Å². The summed E-state index contributed by atoms with van der Waals surface area (Å²) in [4.78, 5) is 12.8. The third-order valence-electron chi connectivity index (χ3n) is 2.76. The first kappa shape index (κ1) is 9.06. The smallest absolute Gasteiger partial charge is 0.414 e. The minimum Gasteiger partial charge on any atom is -0.439 e. The van der Waals surface area contributed by atoms with Gasteiger partial charge in [0.1, 0.15) is 6.10 Å². The lowest BCUT2D eigenvalue weighted by Gasteiger charge is -2.19. The molecule has 0 aromatic carbocycles. The van der Waals surface area contributed by atoms with E-state index in [9.17, 15) is 4.79 Å². The van der Waals surface area contributed by atoms with Gasteiger partial charge in [0.25, 0.3) is 0 Å². The maximum atomic E-state index is 11.3. The Morgan fingerprint density at radius 1 is 1.71 bits per heavy atom. The van der Waals surface area contributed by atoms with Crippen LogP contribution in [0.3, 0.4) is 0 Å². The van der Waals surface area contributed by atoms with E-state index < -0.39 is 0 Å². The molecule has 0 radical (unpaired) electrons. The van der Waals surface area contributed by atoms with Gasteiger partial charge in [0.2, 0.25) is 0 Å². The van der Waals surface area contributed by atoms with Crippen molar-refractivity contribution in [2.45, 2.75) is 19.4 Å². The first-order chi connectivity index (χ1) is 6.63. The number of nitrogens with zero attached hydrogens (tertiary/aromatic N) is 1. The fourth-order valence-corrected chi connectivity index (χ4v) is 1.84. The molecule has 1 aliphatic carbocycles. The van der Waals surface area contributed by atoms with Crippen molar-refractivity contribution in [3.63, 3.8) is 0 Å². The quantitative estimate of drug-likeness (QED) is 0.636. The summed E-state index contributed by atoms with van der Waals surface area (Å²) in [6.45, 7) is 5.77. The van der Waals surface area contributed by atoms with Crippen LogP contribution in [0.25, 0.3) is 0 Å². The third kappa shape index (κ3) is 1.16. The number of carbonyl (C=O) groups is 1. The molecule has 1 saturated heterocycles. The van der Waals surface area contributed by atoms with Gasteiger partial charge in [0, 0.05) is 13.5 Å². The Hall–Kier alpha value is -1.51. The summed E-state index contributed by atoms with van der Waals surface area (Å²) in [5.41, 5.74) is 3.27. The minimum absolute atomic E-state index is 0.107. The van der Waals surface area contributed by atoms with Crippen molar-refractivity contribution in [1.82, 2.24) is 4.90 Å². The Bertz CT molecular complexity index is 365. The molecule has 2 rings (SSSR count). The van der Waals surface area contributed by atoms with Crippen LogP contribution in [0.15, 0.2) is 35.6 Å². The van der Waals surface area contributed by atoms with Crippen molar-refractivity contribution in [3.8, 4) is 0 Å². The lowest BCUT2D eigenvalue weighted by molar-refractivity contribution is 0.136. The average Bonchev–Trinajstić information content (AvgIpc) is 2.43. The molecule has 0 aromatic rings. The molecular weight excluding hydrogens is 178 g/mol. The van der Waals surface area contributed by atoms with Crippen molar-refractivity contribution in [2.24, 2.45) is 0 Å². The van der Waals surface area contributed by atoms with Crippen LogP contribution in [0.4, 0.5) is 4.79 Å². The van der Waals surface area contributed by atoms with Crippen molar-refractivity contribution in [1.29, 1.82) is 0 Å². The van der Waals surface area contributed by atoms with Crippen molar-refractivity contribution in [3.05, 3.63) is 35.6 Å². The normalized spacial score (nSPS) is 25.9. The predicted octanol–water partition coefficient (Wildman–Crippen LogP) is 2.23. The Labute approximate surface area is 83.3 Å². The van der Waals surface area contributed by atoms with Gasteiger partial charge >= 0.3 is 6.09 Å². The van der Waals surface area contributed by atoms with E-state index in [1.165, 1.54) is 0 Å². The van der Waals surface area contributed by atoms with Gasteiger partial charge in [0.05, 0.1) is 5.70 Å². The largest absolute Gasteiger partial charge is 0.439 e. The monoisotopic (exact) mass is 191 g/mol. The fourth-order valence-electron chi connectivity index (χ4n) is 1.84. The molecule has 0 bridgehead atoms. The molecule has 3 heteroatoms. The van der Waals surface area contributed by atoms with Gasteiger partial charge in [-0.2, -0.15) is 0 Å². The number of hydrogen-bond acceptors (Lipinski definition) is 2. The Morgan fingerprint density at radius 3 is 3.07 bits per heavy atom. The standard InChI is InChI=1S/C11H13NO2/c1-4-8-6-10-9(5-7(8)2)12(3)11(13)14-10/h4-5,10H,1,6H2,2-3H3. The number of fused-ring (bicyclic) bond motifs is 1. The van der Waals surface area contributed by atoms with Gasteiger partial charge in [-0.15, -0.1) is 0 Å². The number of carbonyl (C=O) groups excluding carboxylic acids is 1. The molecule has 1 aliphatic heterocycles. The van der Waals surface area contributed by atoms with Gasteiger partial charge < -0.3 is 4.74 Å². The SMILES string of the molecule is C=CC1=C(C)C=C2C(C1)OC(=O)N2C. The summed E-state index contributed by atoms with van der Waals surface area (Å²) in [5.74, 6) is 0. The Morgan fingerprint density at radius 2 is 2.43 bits per heavy atom. The van der Waals surface area contributed by atoms with Crippen LogP contribution < -0.4 is 0 Å². The molecule has 3 nitrogen and oxygen atoms in total. The molecule has 1 heterocycles. The maximum absolute atomic E-state index is 11.3. The molecule has 14 heavy (non-hydrogen) atoms. The average molecular weight is 191 g/mol. The number of rotatable bonds is 1. The van der Waals surface area contributed by atoms with E-state index in [2.05, 4.69) is 6.58 Å². The number of likely N-dealkylation sites (N-methyl/N-ethyl adjacent to an activating group) is 1. The highest BCUT2D eigenvalue weighted by molar-refractivity contribution is 5.74. The molecule has 1 fully saturated rings. The van der Waals surface area contributed by atoms with Gasteiger partial charge in [-0.3, -0.25) is 4.90 Å². The maximum Gasteiger partial charge on any atom is 0.414 e. The molecule has 74 valence electrons. The number of ether oxygens (including phenoxy) is 1. The predicted molar refractivity (Wildman–Crippen MR) is 53.6 cm³/mol. The van der Waals surface area contributed by atoms with Gasteiger partial charge in [0.15, 0.2) is 0 Å². The van der Waals surface area contributed by atoms with E-state index in [4.69, 9.17) is 4.74 Å². The zero-order chi connectivity index (χ0) is 10.3. The summed E-state index contributed by atoms with van der Waals surface area (Å²) >= 11 is 0. The van der Waals surface area contributed by atoms with E-state index in [-0.39, 0.29) is 12.2 Å². The first-order valence-electron chi connectivity index (χ1n) is 4.61. The van der Waals surface area contributed by atoms with E-state index in [0.29, 0.717) is 0 Å². The molecular formula is C11H13NO2.